The van der Waals surface area contributed by atoms with E-state index >= 15 is 0 Å². The molecule has 1 aromatic carbocycles. The summed E-state index contributed by atoms with van der Waals surface area (Å²) in [5.41, 5.74) is 2.17. The number of nitrogens with one attached hydrogen (secondary N) is 1. The number of nitriles is 1. The molecule has 0 saturated carbocycles. The second-order valence-corrected chi connectivity index (χ2v) is 3.32. The van der Waals surface area contributed by atoms with Gasteiger partial charge in [-0.2, -0.15) is 5.26 Å². The van der Waals surface area contributed by atoms with Crippen LogP contribution in [0.4, 0.5) is 0 Å². The lowest BCUT2D eigenvalue weighted by molar-refractivity contribution is 0.287. The summed E-state index contributed by atoms with van der Waals surface area (Å²) in [5.74, 6) is 0.821. The fourth-order valence-electron chi connectivity index (χ4n) is 1.54. The molecule has 1 aromatic heterocycles. The van der Waals surface area contributed by atoms with Crippen LogP contribution in [0, 0.1) is 11.3 Å². The number of hydrogen-bond donors (Lipinski definition) is 2. The van der Waals surface area contributed by atoms with E-state index in [0.717, 1.165) is 11.3 Å². The van der Waals surface area contributed by atoms with Gasteiger partial charge in [-0.3, -0.25) is 0 Å². The van der Waals surface area contributed by atoms with Gasteiger partial charge >= 0.3 is 0 Å². The van der Waals surface area contributed by atoms with Crippen LogP contribution in [0.3, 0.4) is 0 Å². The highest BCUT2D eigenvalue weighted by molar-refractivity contribution is 5.81. The maximum Gasteiger partial charge on any atom is 0.107 e. The Balaban J connectivity index is 2.42. The first-order chi connectivity index (χ1) is 7.35. The van der Waals surface area contributed by atoms with Crippen LogP contribution >= 0.6 is 0 Å². The molecule has 0 bridgehead atoms. The number of rotatable bonds is 3. The lowest BCUT2D eigenvalue weighted by Gasteiger charge is -1.90. The Labute approximate surface area is 87.2 Å². The summed E-state index contributed by atoms with van der Waals surface area (Å²) >= 11 is 0. The van der Waals surface area contributed by atoms with Crippen molar-refractivity contribution >= 4 is 11.0 Å². The molecule has 0 radical (unpaired) electrons. The Morgan fingerprint density at radius 1 is 1.47 bits per heavy atom. The number of hydrogen-bond acceptors (Lipinski definition) is 3. The Morgan fingerprint density at radius 3 is 3.07 bits per heavy atom. The van der Waals surface area contributed by atoms with E-state index in [1.54, 1.807) is 6.07 Å². The van der Waals surface area contributed by atoms with Crippen molar-refractivity contribution in [2.24, 2.45) is 0 Å². The first kappa shape index (κ1) is 9.69. The van der Waals surface area contributed by atoms with Crippen molar-refractivity contribution in [3.63, 3.8) is 0 Å². The molecule has 1 heterocycles. The van der Waals surface area contributed by atoms with Crippen molar-refractivity contribution in [2.75, 3.05) is 6.61 Å². The van der Waals surface area contributed by atoms with Gasteiger partial charge in [0.15, 0.2) is 0 Å². The van der Waals surface area contributed by atoms with Crippen molar-refractivity contribution in [2.45, 2.75) is 12.8 Å². The standard InChI is InChI=1S/C11H11N3O/c12-7-8-3-1-4-9-11(8)14-10(13-9)5-2-6-15/h1,3-4,15H,2,5-6H2,(H,13,14). The van der Waals surface area contributed by atoms with Crippen LogP contribution in [0.25, 0.3) is 11.0 Å². The molecule has 0 saturated heterocycles. The van der Waals surface area contributed by atoms with E-state index in [9.17, 15) is 0 Å². The van der Waals surface area contributed by atoms with Crippen LogP contribution in [0.2, 0.25) is 0 Å². The third-order valence-electron chi connectivity index (χ3n) is 2.25. The first-order valence-corrected chi connectivity index (χ1v) is 4.83. The number of benzene rings is 1. The number of fused-ring (bicyclic) bond motifs is 1. The normalized spacial score (nSPS) is 10.4. The molecule has 0 aliphatic rings. The average Bonchev–Trinajstić information content (AvgIpc) is 2.68. The molecule has 2 rings (SSSR count). The Bertz CT molecular complexity index is 510. The van der Waals surface area contributed by atoms with E-state index in [2.05, 4.69) is 16.0 Å². The number of H-pyrrole nitrogens is 1. The number of aliphatic hydroxyl groups is 1. The fraction of sp³-hybridized carbons (Fsp3) is 0.273. The van der Waals surface area contributed by atoms with Gasteiger partial charge in [0.25, 0.3) is 0 Å². The summed E-state index contributed by atoms with van der Waals surface area (Å²) in [6.45, 7) is 0.155. The van der Waals surface area contributed by atoms with Crippen LogP contribution in [0.15, 0.2) is 18.2 Å². The highest BCUT2D eigenvalue weighted by Crippen LogP contribution is 2.16. The molecular weight excluding hydrogens is 190 g/mol. The smallest absolute Gasteiger partial charge is 0.107 e. The minimum Gasteiger partial charge on any atom is -0.396 e. The molecule has 76 valence electrons. The van der Waals surface area contributed by atoms with E-state index in [1.807, 2.05) is 12.1 Å². The zero-order valence-corrected chi connectivity index (χ0v) is 8.20. The van der Waals surface area contributed by atoms with Crippen molar-refractivity contribution in [1.29, 1.82) is 5.26 Å². The monoisotopic (exact) mass is 201 g/mol. The molecule has 0 aliphatic heterocycles. The lowest BCUT2D eigenvalue weighted by Crippen LogP contribution is -1.91. The quantitative estimate of drug-likeness (QED) is 0.787. The Hall–Kier alpha value is -1.86. The second-order valence-electron chi connectivity index (χ2n) is 3.32. The minimum absolute atomic E-state index is 0.155. The van der Waals surface area contributed by atoms with Gasteiger partial charge in [0, 0.05) is 13.0 Å². The van der Waals surface area contributed by atoms with Gasteiger partial charge in [0.2, 0.25) is 0 Å². The third-order valence-corrected chi connectivity index (χ3v) is 2.25. The summed E-state index contributed by atoms with van der Waals surface area (Å²) in [7, 11) is 0. The zero-order chi connectivity index (χ0) is 10.7. The molecule has 0 fully saturated rings. The molecule has 2 aromatic rings. The zero-order valence-electron chi connectivity index (χ0n) is 8.20. The SMILES string of the molecule is N#Cc1cccc2[nH]c(CCCO)nc12. The third kappa shape index (κ3) is 1.83. The van der Waals surface area contributed by atoms with E-state index in [0.29, 0.717) is 23.9 Å². The largest absolute Gasteiger partial charge is 0.396 e. The number of para-hydroxylation sites is 1. The van der Waals surface area contributed by atoms with Gasteiger partial charge in [0.1, 0.15) is 17.4 Å². The van der Waals surface area contributed by atoms with E-state index in [1.165, 1.54) is 0 Å². The number of nitrogens with zero attached hydrogens (tertiary/aromatic N) is 2. The predicted octanol–water partition coefficient (Wildman–Crippen LogP) is 1.36. The van der Waals surface area contributed by atoms with Crippen LogP contribution in [-0.2, 0) is 6.42 Å². The highest BCUT2D eigenvalue weighted by Gasteiger charge is 2.05. The van der Waals surface area contributed by atoms with Gasteiger partial charge in [-0.1, -0.05) is 6.07 Å². The Kier molecular flexibility index (Phi) is 2.66. The predicted molar refractivity (Wildman–Crippen MR) is 56.2 cm³/mol. The molecular formula is C11H11N3O. The number of aliphatic hydroxyl groups excluding tert-OH is 1. The lowest BCUT2D eigenvalue weighted by atomic mass is 10.2. The van der Waals surface area contributed by atoms with Crippen LogP contribution in [0.5, 0.6) is 0 Å². The number of aryl methyl sites for hydroxylation is 1. The van der Waals surface area contributed by atoms with Crippen molar-refractivity contribution < 1.29 is 5.11 Å². The highest BCUT2D eigenvalue weighted by atomic mass is 16.2. The molecule has 2 N–H and O–H groups in total. The summed E-state index contributed by atoms with van der Waals surface area (Å²) in [6, 6.07) is 7.58. The minimum atomic E-state index is 0.155. The summed E-state index contributed by atoms with van der Waals surface area (Å²) in [4.78, 5) is 7.46. The number of aromatic nitrogens is 2. The molecule has 15 heavy (non-hydrogen) atoms. The number of imidazole rings is 1. The fourth-order valence-corrected chi connectivity index (χ4v) is 1.54. The molecule has 0 atom stereocenters. The van der Waals surface area contributed by atoms with Crippen LogP contribution in [-0.4, -0.2) is 21.7 Å². The van der Waals surface area contributed by atoms with Crippen molar-refractivity contribution in [1.82, 2.24) is 9.97 Å². The topological polar surface area (TPSA) is 72.7 Å². The van der Waals surface area contributed by atoms with E-state index in [-0.39, 0.29) is 6.61 Å². The van der Waals surface area contributed by atoms with Crippen molar-refractivity contribution in [3.8, 4) is 6.07 Å². The molecule has 0 spiro atoms. The summed E-state index contributed by atoms with van der Waals surface area (Å²) in [6.07, 6.45) is 1.39. The van der Waals surface area contributed by atoms with Gasteiger partial charge in [-0.05, 0) is 18.6 Å². The van der Waals surface area contributed by atoms with E-state index < -0.39 is 0 Å². The van der Waals surface area contributed by atoms with Gasteiger partial charge in [-0.25, -0.2) is 4.98 Å². The second kappa shape index (κ2) is 4.11. The van der Waals surface area contributed by atoms with Crippen LogP contribution in [0.1, 0.15) is 17.8 Å². The molecule has 4 nitrogen and oxygen atoms in total. The molecule has 4 heteroatoms. The first-order valence-electron chi connectivity index (χ1n) is 4.83. The van der Waals surface area contributed by atoms with Gasteiger partial charge < -0.3 is 10.1 Å². The Morgan fingerprint density at radius 2 is 2.33 bits per heavy atom. The molecule has 0 amide bonds. The average molecular weight is 201 g/mol. The van der Waals surface area contributed by atoms with Gasteiger partial charge in [0.05, 0.1) is 11.1 Å². The van der Waals surface area contributed by atoms with E-state index in [4.69, 9.17) is 10.4 Å². The van der Waals surface area contributed by atoms with Crippen molar-refractivity contribution in [3.05, 3.63) is 29.6 Å². The molecule has 0 aliphatic carbocycles. The summed E-state index contributed by atoms with van der Waals surface area (Å²) in [5, 5.41) is 17.6. The number of aromatic amines is 1. The maximum absolute atomic E-state index is 8.88. The molecule has 0 unspecified atom stereocenters. The maximum atomic E-state index is 8.88. The summed E-state index contributed by atoms with van der Waals surface area (Å²) < 4.78 is 0. The van der Waals surface area contributed by atoms with Crippen LogP contribution < -0.4 is 0 Å². The van der Waals surface area contributed by atoms with Gasteiger partial charge in [-0.15, -0.1) is 0 Å².